The molecule has 0 heteroatoms. The zero-order chi connectivity index (χ0) is 8.81. The van der Waals surface area contributed by atoms with Gasteiger partial charge in [-0.1, -0.05) is 38.3 Å². The highest BCUT2D eigenvalue weighted by atomic mass is 14.2. The quantitative estimate of drug-likeness (QED) is 0.431. The smallest absolute Gasteiger partial charge is 0.0294 e. The van der Waals surface area contributed by atoms with Crippen LogP contribution in [0.5, 0.6) is 0 Å². The maximum Gasteiger partial charge on any atom is -0.0294 e. The fourth-order valence-electron chi connectivity index (χ4n) is 1.97. The summed E-state index contributed by atoms with van der Waals surface area (Å²) in [6.45, 7) is 4.64. The first-order valence-corrected chi connectivity index (χ1v) is 5.50. The minimum atomic E-state index is 0.961. The number of allylic oxidation sites excluding steroid dienone is 2. The van der Waals surface area contributed by atoms with Gasteiger partial charge in [0.15, 0.2) is 0 Å². The fraction of sp³-hybridized carbons (Fsp3) is 0.833. The average molecular weight is 166 g/mol. The molecule has 0 heterocycles. The van der Waals surface area contributed by atoms with Gasteiger partial charge in [0.05, 0.1) is 0 Å². The van der Waals surface area contributed by atoms with E-state index < -0.39 is 0 Å². The Balaban J connectivity index is 2.11. The van der Waals surface area contributed by atoms with Crippen molar-refractivity contribution >= 4 is 0 Å². The molecule has 0 radical (unpaired) electrons. The van der Waals surface area contributed by atoms with Crippen molar-refractivity contribution in [2.45, 2.75) is 58.8 Å². The molecule has 70 valence electrons. The van der Waals surface area contributed by atoms with E-state index in [0.29, 0.717) is 0 Å². The summed E-state index contributed by atoms with van der Waals surface area (Å²) in [5, 5.41) is 0. The highest BCUT2D eigenvalue weighted by Crippen LogP contribution is 2.29. The van der Waals surface area contributed by atoms with Crippen LogP contribution < -0.4 is 0 Å². The van der Waals surface area contributed by atoms with E-state index >= 15 is 0 Å². The molecule has 0 aromatic rings. The van der Waals surface area contributed by atoms with Crippen molar-refractivity contribution in [2.75, 3.05) is 0 Å². The molecule has 1 aliphatic rings. The van der Waals surface area contributed by atoms with Gasteiger partial charge in [-0.05, 0) is 38.0 Å². The van der Waals surface area contributed by atoms with Crippen LogP contribution in [0.15, 0.2) is 11.6 Å². The van der Waals surface area contributed by atoms with Crippen molar-refractivity contribution in [2.24, 2.45) is 5.92 Å². The van der Waals surface area contributed by atoms with Crippen molar-refractivity contribution in [3.05, 3.63) is 11.6 Å². The van der Waals surface area contributed by atoms with E-state index in [0.717, 1.165) is 5.92 Å². The predicted molar refractivity (Wildman–Crippen MR) is 55.2 cm³/mol. The van der Waals surface area contributed by atoms with Gasteiger partial charge < -0.3 is 0 Å². The molecule has 0 N–H and O–H groups in total. The summed E-state index contributed by atoms with van der Waals surface area (Å²) in [4.78, 5) is 0. The van der Waals surface area contributed by atoms with Crippen LogP contribution in [0.25, 0.3) is 0 Å². The number of hydrogen-bond acceptors (Lipinski definition) is 0. The van der Waals surface area contributed by atoms with E-state index in [1.165, 1.54) is 44.9 Å². The van der Waals surface area contributed by atoms with Crippen LogP contribution in [0.3, 0.4) is 0 Å². The first kappa shape index (κ1) is 9.83. The van der Waals surface area contributed by atoms with Gasteiger partial charge in [-0.3, -0.25) is 0 Å². The minimum absolute atomic E-state index is 0.961. The Kier molecular flexibility index (Phi) is 4.42. The molecule has 0 nitrogen and oxygen atoms in total. The molecule has 1 atom stereocenters. The van der Waals surface area contributed by atoms with Crippen LogP contribution in [-0.2, 0) is 0 Å². The largest absolute Gasteiger partial charge is 0.0853 e. The molecule has 1 unspecified atom stereocenters. The maximum atomic E-state index is 2.50. The van der Waals surface area contributed by atoms with Crippen LogP contribution in [0.2, 0.25) is 0 Å². The van der Waals surface area contributed by atoms with Gasteiger partial charge in [-0.15, -0.1) is 0 Å². The van der Waals surface area contributed by atoms with Crippen molar-refractivity contribution < 1.29 is 0 Å². The molecule has 12 heavy (non-hydrogen) atoms. The standard InChI is InChI=1S/C12H22/c1-3-4-5-6-7-12-9-8-11(2)10-12/h7,11H,3-6,8-10H2,1-2H3/b12-7+. The number of unbranched alkanes of at least 4 members (excludes halogenated alkanes) is 3. The van der Waals surface area contributed by atoms with Crippen LogP contribution in [0.4, 0.5) is 0 Å². The summed E-state index contributed by atoms with van der Waals surface area (Å²) in [6.07, 6.45) is 12.2. The second-order valence-corrected chi connectivity index (χ2v) is 4.21. The fourth-order valence-corrected chi connectivity index (χ4v) is 1.97. The second kappa shape index (κ2) is 5.40. The van der Waals surface area contributed by atoms with Crippen LogP contribution in [0.1, 0.15) is 58.8 Å². The molecule has 1 saturated carbocycles. The zero-order valence-corrected chi connectivity index (χ0v) is 8.60. The summed E-state index contributed by atoms with van der Waals surface area (Å²) in [5.74, 6) is 0.961. The van der Waals surface area contributed by atoms with Gasteiger partial charge in [0.2, 0.25) is 0 Å². The number of hydrogen-bond donors (Lipinski definition) is 0. The molecule has 0 amide bonds. The third kappa shape index (κ3) is 3.42. The molecule has 0 aromatic heterocycles. The Morgan fingerprint density at radius 1 is 1.42 bits per heavy atom. The lowest BCUT2D eigenvalue weighted by Crippen LogP contribution is -1.81. The van der Waals surface area contributed by atoms with Crippen molar-refractivity contribution in [1.29, 1.82) is 0 Å². The maximum absolute atomic E-state index is 2.50. The van der Waals surface area contributed by atoms with Gasteiger partial charge in [0, 0.05) is 0 Å². The van der Waals surface area contributed by atoms with E-state index in [-0.39, 0.29) is 0 Å². The molecule has 1 fully saturated rings. The molecular weight excluding hydrogens is 144 g/mol. The first-order valence-electron chi connectivity index (χ1n) is 5.50. The number of rotatable bonds is 4. The molecule has 0 aromatic carbocycles. The average Bonchev–Trinajstić information content (AvgIpc) is 2.45. The topological polar surface area (TPSA) is 0 Å². The van der Waals surface area contributed by atoms with Gasteiger partial charge in [0.1, 0.15) is 0 Å². The summed E-state index contributed by atoms with van der Waals surface area (Å²) in [6, 6.07) is 0. The molecular formula is C12H22. The Morgan fingerprint density at radius 2 is 2.25 bits per heavy atom. The third-order valence-corrected chi connectivity index (χ3v) is 2.81. The zero-order valence-electron chi connectivity index (χ0n) is 8.60. The van der Waals surface area contributed by atoms with Crippen molar-refractivity contribution in [3.63, 3.8) is 0 Å². The lowest BCUT2D eigenvalue weighted by molar-refractivity contribution is 0.620. The Morgan fingerprint density at radius 3 is 2.83 bits per heavy atom. The van der Waals surface area contributed by atoms with Crippen molar-refractivity contribution in [1.82, 2.24) is 0 Å². The minimum Gasteiger partial charge on any atom is -0.0853 e. The van der Waals surface area contributed by atoms with E-state index in [1.807, 2.05) is 0 Å². The van der Waals surface area contributed by atoms with Gasteiger partial charge in [-0.2, -0.15) is 0 Å². The van der Waals surface area contributed by atoms with Gasteiger partial charge in [-0.25, -0.2) is 0 Å². The Bertz CT molecular complexity index is 144. The molecule has 0 bridgehead atoms. The van der Waals surface area contributed by atoms with E-state index in [4.69, 9.17) is 0 Å². The van der Waals surface area contributed by atoms with Gasteiger partial charge >= 0.3 is 0 Å². The third-order valence-electron chi connectivity index (χ3n) is 2.81. The molecule has 0 saturated heterocycles. The lowest BCUT2D eigenvalue weighted by atomic mass is 10.1. The highest BCUT2D eigenvalue weighted by molar-refractivity contribution is 5.07. The monoisotopic (exact) mass is 166 g/mol. The van der Waals surface area contributed by atoms with E-state index in [2.05, 4.69) is 19.9 Å². The second-order valence-electron chi connectivity index (χ2n) is 4.21. The predicted octanol–water partition coefficient (Wildman–Crippen LogP) is 4.31. The first-order chi connectivity index (χ1) is 5.83. The molecule has 0 aliphatic heterocycles. The normalized spacial score (nSPS) is 26.8. The van der Waals surface area contributed by atoms with Crippen LogP contribution in [-0.4, -0.2) is 0 Å². The molecule has 1 rings (SSSR count). The summed E-state index contributed by atoms with van der Waals surface area (Å²) in [7, 11) is 0. The Labute approximate surface area is 77.1 Å². The SMILES string of the molecule is CCCCC/C=C1\CCC(C)C1. The summed E-state index contributed by atoms with van der Waals surface area (Å²) < 4.78 is 0. The van der Waals surface area contributed by atoms with Gasteiger partial charge in [0.25, 0.3) is 0 Å². The van der Waals surface area contributed by atoms with Crippen LogP contribution >= 0.6 is 0 Å². The van der Waals surface area contributed by atoms with E-state index in [9.17, 15) is 0 Å². The van der Waals surface area contributed by atoms with Crippen molar-refractivity contribution in [3.8, 4) is 0 Å². The lowest BCUT2D eigenvalue weighted by Gasteiger charge is -1.97. The highest BCUT2D eigenvalue weighted by Gasteiger charge is 2.13. The summed E-state index contributed by atoms with van der Waals surface area (Å²) >= 11 is 0. The molecule has 1 aliphatic carbocycles. The van der Waals surface area contributed by atoms with Crippen LogP contribution in [0, 0.1) is 5.92 Å². The van der Waals surface area contributed by atoms with E-state index in [1.54, 1.807) is 5.57 Å². The Hall–Kier alpha value is -0.260. The molecule has 0 spiro atoms. The summed E-state index contributed by atoms with van der Waals surface area (Å²) in [5.41, 5.74) is 1.73.